The van der Waals surface area contributed by atoms with Gasteiger partial charge in [0, 0.05) is 11.5 Å². The molecule has 0 saturated carbocycles. The number of quaternary nitrogens is 1. The van der Waals surface area contributed by atoms with Gasteiger partial charge in [0.1, 0.15) is 6.04 Å². The summed E-state index contributed by atoms with van der Waals surface area (Å²) in [5, 5.41) is 2.03. The summed E-state index contributed by atoms with van der Waals surface area (Å²) in [5.41, 5.74) is 7.98. The maximum absolute atomic E-state index is 10.9. The van der Waals surface area contributed by atoms with Crippen LogP contribution < -0.4 is 11.1 Å². The maximum Gasteiger partial charge on any atom is 0.272 e. The number of primary amides is 1. The van der Waals surface area contributed by atoms with Crippen LogP contribution in [0.1, 0.15) is 51.8 Å². The first-order valence-electron chi connectivity index (χ1n) is 6.94. The highest BCUT2D eigenvalue weighted by molar-refractivity contribution is 5.74. The second-order valence-corrected chi connectivity index (χ2v) is 6.55. The molecule has 3 nitrogen and oxygen atoms in total. The normalized spacial score (nSPS) is 13.6. The first kappa shape index (κ1) is 15.7. The molecule has 19 heavy (non-hydrogen) atoms. The average molecular weight is 263 g/mol. The third-order valence-corrected chi connectivity index (χ3v) is 3.45. The van der Waals surface area contributed by atoms with Gasteiger partial charge in [-0.15, -0.1) is 0 Å². The van der Waals surface area contributed by atoms with E-state index < -0.39 is 0 Å². The summed E-state index contributed by atoms with van der Waals surface area (Å²) in [5.74, 6) is 0.191. The van der Waals surface area contributed by atoms with Crippen molar-refractivity contribution >= 4 is 5.91 Å². The topological polar surface area (TPSA) is 59.7 Å². The Kier molecular flexibility index (Phi) is 5.12. The molecule has 4 N–H and O–H groups in total. The molecule has 0 aliphatic heterocycles. The van der Waals surface area contributed by atoms with Crippen molar-refractivity contribution in [2.45, 2.75) is 46.1 Å². The minimum atomic E-state index is -0.267. The molecule has 1 atom stereocenters. The van der Waals surface area contributed by atoms with Crippen LogP contribution in [0, 0.1) is 5.92 Å². The summed E-state index contributed by atoms with van der Waals surface area (Å²) in [6, 6.07) is 8.98. The Balaban J connectivity index is 2.88. The number of hydrogen-bond donors (Lipinski definition) is 2. The van der Waals surface area contributed by atoms with Gasteiger partial charge in [-0.3, -0.25) is 4.79 Å². The van der Waals surface area contributed by atoms with Crippen LogP contribution in [-0.4, -0.2) is 12.5 Å². The monoisotopic (exact) mass is 263 g/mol. The molecule has 0 fully saturated rings. The van der Waals surface area contributed by atoms with Crippen LogP contribution in [0.5, 0.6) is 0 Å². The Labute approximate surface area is 116 Å². The molecule has 0 heterocycles. The number of carbonyl (C=O) groups is 1. The highest BCUT2D eigenvalue weighted by atomic mass is 16.1. The predicted molar refractivity (Wildman–Crippen MR) is 78.7 cm³/mol. The van der Waals surface area contributed by atoms with E-state index >= 15 is 0 Å². The van der Waals surface area contributed by atoms with Gasteiger partial charge >= 0.3 is 0 Å². The standard InChI is InChI=1S/C16H26N2O/c1-11(2)15(18-10-14(17)19)12-6-8-13(9-7-12)16(3,4)5/h6-9,11,15,18H,10H2,1-5H3,(H2,17,19)/p+1/t15-/m0/s1. The van der Waals surface area contributed by atoms with Crippen molar-refractivity contribution in [3.05, 3.63) is 35.4 Å². The highest BCUT2D eigenvalue weighted by Gasteiger charge is 2.21. The zero-order valence-corrected chi connectivity index (χ0v) is 12.7. The molecule has 1 rings (SSSR count). The first-order valence-corrected chi connectivity index (χ1v) is 6.94. The predicted octanol–water partition coefficient (Wildman–Crippen LogP) is 1.73. The molecule has 0 radical (unpaired) electrons. The van der Waals surface area contributed by atoms with Gasteiger partial charge in [0.15, 0.2) is 6.54 Å². The molecule has 1 aromatic rings. The highest BCUT2D eigenvalue weighted by Crippen LogP contribution is 2.25. The molecule has 0 unspecified atom stereocenters. The van der Waals surface area contributed by atoms with Gasteiger partial charge in [-0.05, 0) is 11.0 Å². The van der Waals surface area contributed by atoms with Gasteiger partial charge in [-0.25, -0.2) is 0 Å². The van der Waals surface area contributed by atoms with Gasteiger partial charge in [-0.1, -0.05) is 58.9 Å². The van der Waals surface area contributed by atoms with Gasteiger partial charge in [-0.2, -0.15) is 0 Å². The van der Waals surface area contributed by atoms with E-state index in [1.165, 1.54) is 11.1 Å². The quantitative estimate of drug-likeness (QED) is 0.835. The van der Waals surface area contributed by atoms with Crippen LogP contribution in [0.15, 0.2) is 24.3 Å². The number of nitrogens with two attached hydrogens (primary N) is 2. The van der Waals surface area contributed by atoms with Crippen LogP contribution >= 0.6 is 0 Å². The maximum atomic E-state index is 10.9. The molecule has 1 aromatic carbocycles. The van der Waals surface area contributed by atoms with Crippen LogP contribution in [0.25, 0.3) is 0 Å². The molecular weight excluding hydrogens is 236 g/mol. The van der Waals surface area contributed by atoms with E-state index in [1.807, 2.05) is 5.32 Å². The molecule has 0 aromatic heterocycles. The number of hydrogen-bond acceptors (Lipinski definition) is 1. The van der Waals surface area contributed by atoms with E-state index in [4.69, 9.17) is 5.73 Å². The van der Waals surface area contributed by atoms with Crippen molar-refractivity contribution in [3.63, 3.8) is 0 Å². The third kappa shape index (κ3) is 4.67. The van der Waals surface area contributed by atoms with Crippen molar-refractivity contribution in [1.29, 1.82) is 0 Å². The summed E-state index contributed by atoms with van der Waals surface area (Å²) in [6.07, 6.45) is 0. The second kappa shape index (κ2) is 6.20. The minimum Gasteiger partial charge on any atom is -0.365 e. The summed E-state index contributed by atoms with van der Waals surface area (Å²) in [7, 11) is 0. The van der Waals surface area contributed by atoms with E-state index in [0.29, 0.717) is 12.5 Å². The lowest BCUT2D eigenvalue weighted by atomic mass is 9.85. The molecule has 1 amide bonds. The smallest absolute Gasteiger partial charge is 0.272 e. The Hall–Kier alpha value is -1.35. The number of carbonyl (C=O) groups excluding carboxylic acids is 1. The summed E-state index contributed by atoms with van der Waals surface area (Å²) < 4.78 is 0. The SMILES string of the molecule is CC(C)[C@H]([NH2+]CC(N)=O)c1ccc(C(C)(C)C)cc1. The van der Waals surface area contributed by atoms with Crippen molar-refractivity contribution < 1.29 is 10.1 Å². The van der Waals surface area contributed by atoms with Crippen LogP contribution in [0.2, 0.25) is 0 Å². The van der Waals surface area contributed by atoms with Gasteiger partial charge < -0.3 is 11.1 Å². The number of rotatable bonds is 5. The summed E-state index contributed by atoms with van der Waals surface area (Å²) in [6.45, 7) is 11.3. The van der Waals surface area contributed by atoms with E-state index in [-0.39, 0.29) is 17.4 Å². The molecule has 0 spiro atoms. The number of benzene rings is 1. The van der Waals surface area contributed by atoms with E-state index in [1.54, 1.807) is 0 Å². The Morgan fingerprint density at radius 1 is 1.21 bits per heavy atom. The van der Waals surface area contributed by atoms with E-state index in [2.05, 4.69) is 58.9 Å². The third-order valence-electron chi connectivity index (χ3n) is 3.45. The van der Waals surface area contributed by atoms with Crippen molar-refractivity contribution in [2.24, 2.45) is 11.7 Å². The molecule has 106 valence electrons. The average Bonchev–Trinajstić information content (AvgIpc) is 2.27. The molecule has 0 saturated heterocycles. The van der Waals surface area contributed by atoms with Crippen molar-refractivity contribution in [3.8, 4) is 0 Å². The van der Waals surface area contributed by atoms with Gasteiger partial charge in [0.2, 0.25) is 0 Å². The van der Waals surface area contributed by atoms with Crippen LogP contribution in [-0.2, 0) is 10.2 Å². The Morgan fingerprint density at radius 3 is 2.11 bits per heavy atom. The van der Waals surface area contributed by atoms with Crippen molar-refractivity contribution in [2.75, 3.05) is 6.54 Å². The zero-order chi connectivity index (χ0) is 14.6. The summed E-state index contributed by atoms with van der Waals surface area (Å²) >= 11 is 0. The van der Waals surface area contributed by atoms with Gasteiger partial charge in [0.25, 0.3) is 5.91 Å². The summed E-state index contributed by atoms with van der Waals surface area (Å²) in [4.78, 5) is 10.9. The Morgan fingerprint density at radius 2 is 1.74 bits per heavy atom. The van der Waals surface area contributed by atoms with E-state index in [0.717, 1.165) is 0 Å². The van der Waals surface area contributed by atoms with Gasteiger partial charge in [0.05, 0.1) is 0 Å². The van der Waals surface area contributed by atoms with Crippen molar-refractivity contribution in [1.82, 2.24) is 0 Å². The lowest BCUT2D eigenvalue weighted by Crippen LogP contribution is -2.88. The lowest BCUT2D eigenvalue weighted by molar-refractivity contribution is -0.692. The fraction of sp³-hybridized carbons (Fsp3) is 0.562. The largest absolute Gasteiger partial charge is 0.365 e. The molecule has 0 aliphatic carbocycles. The molecule has 0 bridgehead atoms. The molecule has 0 aliphatic rings. The second-order valence-electron chi connectivity index (χ2n) is 6.55. The fourth-order valence-corrected chi connectivity index (χ4v) is 2.24. The molecular formula is C16H27N2O+. The zero-order valence-electron chi connectivity index (χ0n) is 12.7. The fourth-order valence-electron chi connectivity index (χ4n) is 2.24. The van der Waals surface area contributed by atoms with E-state index in [9.17, 15) is 4.79 Å². The minimum absolute atomic E-state index is 0.169. The lowest BCUT2D eigenvalue weighted by Gasteiger charge is -2.22. The van der Waals surface area contributed by atoms with Crippen LogP contribution in [0.3, 0.4) is 0 Å². The Bertz CT molecular complexity index is 415. The van der Waals surface area contributed by atoms with Crippen LogP contribution in [0.4, 0.5) is 0 Å². The molecule has 3 heteroatoms. The number of amides is 1. The first-order chi connectivity index (χ1) is 8.71.